The number of thiophene rings is 1. The molecule has 1 N–H and O–H groups in total. The van der Waals surface area contributed by atoms with E-state index in [0.717, 1.165) is 81.6 Å². The molecule has 0 saturated heterocycles. The molecule has 3 aliphatic rings. The third kappa shape index (κ3) is 5.66. The van der Waals surface area contributed by atoms with Gasteiger partial charge in [0, 0.05) is 42.1 Å². The maximum absolute atomic E-state index is 6.80. The fraction of sp³-hybridized carbons (Fsp3) is 0.0980. The van der Waals surface area contributed by atoms with Crippen molar-refractivity contribution in [3.05, 3.63) is 186 Å². The maximum Gasteiger partial charge on any atom is 0.155 e. The molecule has 2 aliphatic carbocycles. The molecule has 0 amide bonds. The van der Waals surface area contributed by atoms with Crippen molar-refractivity contribution in [2.75, 3.05) is 0 Å². The first kappa shape index (κ1) is 32.8. The molecule has 11 rings (SSSR count). The number of fused-ring (bicyclic) bond motifs is 6. The van der Waals surface area contributed by atoms with Gasteiger partial charge in [-0.15, -0.1) is 11.3 Å². The number of amidine groups is 2. The van der Waals surface area contributed by atoms with Crippen LogP contribution in [0.4, 0.5) is 0 Å². The number of benzene rings is 6. The van der Waals surface area contributed by atoms with Crippen LogP contribution >= 0.6 is 11.3 Å². The molecule has 4 nitrogen and oxygen atoms in total. The Morgan fingerprint density at radius 1 is 0.661 bits per heavy atom. The van der Waals surface area contributed by atoms with Gasteiger partial charge >= 0.3 is 0 Å². The van der Waals surface area contributed by atoms with E-state index in [1.165, 1.54) is 48.0 Å². The van der Waals surface area contributed by atoms with Crippen LogP contribution in [0.2, 0.25) is 0 Å². The van der Waals surface area contributed by atoms with Crippen LogP contribution in [0.1, 0.15) is 43.0 Å². The Balaban J connectivity index is 1.01. The summed E-state index contributed by atoms with van der Waals surface area (Å²) in [7, 11) is 0. The molecule has 0 fully saturated rings. The number of para-hydroxylation sites is 1. The highest BCUT2D eigenvalue weighted by molar-refractivity contribution is 7.26. The minimum atomic E-state index is -0.211. The quantitative estimate of drug-likeness (QED) is 0.185. The summed E-state index contributed by atoms with van der Waals surface area (Å²) >= 11 is 1.87. The van der Waals surface area contributed by atoms with Crippen LogP contribution in [0.5, 0.6) is 0 Å². The monoisotopic (exact) mass is 739 g/mol. The molecule has 0 radical (unpaired) electrons. The number of nitrogens with zero attached hydrogens (tertiary/aromatic N) is 2. The van der Waals surface area contributed by atoms with E-state index in [2.05, 4.69) is 169 Å². The van der Waals surface area contributed by atoms with Crippen LogP contribution in [-0.2, 0) is 0 Å². The fourth-order valence-electron chi connectivity index (χ4n) is 8.55. The lowest BCUT2D eigenvalue weighted by Gasteiger charge is -2.26. The van der Waals surface area contributed by atoms with E-state index in [0.29, 0.717) is 0 Å². The lowest BCUT2D eigenvalue weighted by Crippen LogP contribution is -2.34. The van der Waals surface area contributed by atoms with Crippen LogP contribution < -0.4 is 5.32 Å². The molecule has 1 aliphatic heterocycles. The first-order valence-corrected chi connectivity index (χ1v) is 20.3. The summed E-state index contributed by atoms with van der Waals surface area (Å²) in [6.07, 6.45) is 14.7. The zero-order valence-electron chi connectivity index (χ0n) is 30.7. The van der Waals surface area contributed by atoms with Gasteiger partial charge in [0.05, 0.1) is 0 Å². The summed E-state index contributed by atoms with van der Waals surface area (Å²) in [5, 5.41) is 8.58. The van der Waals surface area contributed by atoms with Gasteiger partial charge in [0.25, 0.3) is 0 Å². The highest BCUT2D eigenvalue weighted by Gasteiger charge is 2.25. The number of hydrogen-bond acceptors (Lipinski definition) is 5. The predicted molar refractivity (Wildman–Crippen MR) is 236 cm³/mol. The van der Waals surface area contributed by atoms with Crippen LogP contribution in [0, 0.1) is 0 Å². The van der Waals surface area contributed by atoms with Crippen LogP contribution in [0.15, 0.2) is 189 Å². The first-order valence-electron chi connectivity index (χ1n) is 19.5. The van der Waals surface area contributed by atoms with Gasteiger partial charge in [-0.2, -0.15) is 0 Å². The van der Waals surface area contributed by atoms with Gasteiger partial charge in [0.1, 0.15) is 23.2 Å². The summed E-state index contributed by atoms with van der Waals surface area (Å²) in [5.74, 6) is 1.69. The van der Waals surface area contributed by atoms with Gasteiger partial charge < -0.3 is 9.73 Å². The topological polar surface area (TPSA) is 49.9 Å². The number of furan rings is 1. The minimum absolute atomic E-state index is 0.211. The first-order chi connectivity index (χ1) is 27.7. The molecular weight excluding hydrogens is 703 g/mol. The number of aliphatic imine (C=N–C) groups is 2. The van der Waals surface area contributed by atoms with Crippen LogP contribution in [-0.4, -0.2) is 11.7 Å². The van der Waals surface area contributed by atoms with Gasteiger partial charge in [0.15, 0.2) is 5.84 Å². The third-order valence-corrected chi connectivity index (χ3v) is 12.5. The molecular formula is C51H37N3OS. The molecule has 56 heavy (non-hydrogen) atoms. The zero-order chi connectivity index (χ0) is 37.0. The molecule has 0 bridgehead atoms. The Labute approximate surface area is 329 Å². The molecule has 2 aromatic heterocycles. The predicted octanol–water partition coefficient (Wildman–Crippen LogP) is 13.8. The van der Waals surface area contributed by atoms with E-state index in [9.17, 15) is 0 Å². The summed E-state index contributed by atoms with van der Waals surface area (Å²) < 4.78 is 9.40. The molecule has 5 heteroatoms. The average molecular weight is 740 g/mol. The second-order valence-electron chi connectivity index (χ2n) is 14.7. The molecule has 8 aromatic rings. The van der Waals surface area contributed by atoms with E-state index >= 15 is 0 Å². The largest absolute Gasteiger partial charge is 0.455 e. The Bertz CT molecular complexity index is 3050. The van der Waals surface area contributed by atoms with Gasteiger partial charge in [-0.05, 0) is 88.9 Å². The average Bonchev–Trinajstić information content (AvgIpc) is 3.86. The van der Waals surface area contributed by atoms with Crippen LogP contribution in [0.25, 0.3) is 69.9 Å². The van der Waals surface area contributed by atoms with Gasteiger partial charge in [-0.1, -0.05) is 140 Å². The molecule has 1 unspecified atom stereocenters. The standard InChI is InChI=1S/C51H37N3OS/c1-4-14-32(15-5-1)40-23-13-24-42-41-27-26-36(31-45(41)56-48(40)42)39-29-28-38(46-43-22-10-11-25-44(43)55-47(39)46)35-20-12-21-37(30-35)51-53-49(33-16-6-2-7-17-33)52-50(54-51)34-18-8-3-9-19-34/h1-8,10-11,13-18,21-31,49H,9,12,19-20H2,(H,52,53,54). The van der Waals surface area contributed by atoms with Gasteiger partial charge in [0.2, 0.25) is 0 Å². The van der Waals surface area contributed by atoms with Crippen molar-refractivity contribution < 1.29 is 4.42 Å². The molecule has 268 valence electrons. The van der Waals surface area contributed by atoms with Crippen molar-refractivity contribution in [3.8, 4) is 22.3 Å². The Morgan fingerprint density at radius 2 is 1.46 bits per heavy atom. The third-order valence-electron chi connectivity index (χ3n) is 11.3. The van der Waals surface area contributed by atoms with E-state index < -0.39 is 0 Å². The molecule has 3 heterocycles. The van der Waals surface area contributed by atoms with Crippen molar-refractivity contribution in [2.24, 2.45) is 9.98 Å². The summed E-state index contributed by atoms with van der Waals surface area (Å²) in [4.78, 5) is 10.3. The molecule has 0 saturated carbocycles. The maximum atomic E-state index is 6.80. The van der Waals surface area contributed by atoms with E-state index in [-0.39, 0.29) is 6.17 Å². The Kier molecular flexibility index (Phi) is 7.99. The van der Waals surface area contributed by atoms with Gasteiger partial charge in [-0.25, -0.2) is 9.98 Å². The normalized spacial score (nSPS) is 17.1. The molecule has 0 spiro atoms. The second-order valence-corrected chi connectivity index (χ2v) is 15.8. The van der Waals surface area contributed by atoms with Crippen molar-refractivity contribution >= 4 is 70.7 Å². The summed E-state index contributed by atoms with van der Waals surface area (Å²) in [5.41, 5.74) is 12.5. The number of nitrogens with one attached hydrogen (secondary N) is 1. The smallest absolute Gasteiger partial charge is 0.155 e. The Morgan fingerprint density at radius 3 is 2.34 bits per heavy atom. The summed E-state index contributed by atoms with van der Waals surface area (Å²) in [6.45, 7) is 0. The van der Waals surface area contributed by atoms with Crippen molar-refractivity contribution in [1.29, 1.82) is 0 Å². The lowest BCUT2D eigenvalue weighted by molar-refractivity contribution is 0.670. The van der Waals surface area contributed by atoms with Crippen LogP contribution in [0.3, 0.4) is 0 Å². The second kappa shape index (κ2) is 13.6. The highest BCUT2D eigenvalue weighted by Crippen LogP contribution is 2.45. The number of hydrogen-bond donors (Lipinski definition) is 1. The van der Waals surface area contributed by atoms with Gasteiger partial charge in [-0.3, -0.25) is 0 Å². The van der Waals surface area contributed by atoms with Crippen molar-refractivity contribution in [2.45, 2.75) is 31.8 Å². The van der Waals surface area contributed by atoms with E-state index in [4.69, 9.17) is 14.4 Å². The zero-order valence-corrected chi connectivity index (χ0v) is 31.5. The van der Waals surface area contributed by atoms with E-state index in [1.807, 2.05) is 11.3 Å². The van der Waals surface area contributed by atoms with Crippen molar-refractivity contribution in [3.63, 3.8) is 0 Å². The summed E-state index contributed by atoms with van der Waals surface area (Å²) in [6, 6.07) is 47.8. The highest BCUT2D eigenvalue weighted by atomic mass is 32.1. The van der Waals surface area contributed by atoms with Crippen molar-refractivity contribution in [1.82, 2.24) is 5.32 Å². The number of rotatable bonds is 6. The minimum Gasteiger partial charge on any atom is -0.455 e. The molecule has 1 atom stereocenters. The molecule has 6 aromatic carbocycles. The fourth-order valence-corrected chi connectivity index (χ4v) is 9.83. The number of allylic oxidation sites excluding steroid dienone is 5. The lowest BCUT2D eigenvalue weighted by atomic mass is 9.88. The SMILES string of the molecule is C1=CCCC(C2=NC(c3ccccc3)NC(C3=CCCC(c4ccc(-c5ccc6c(c5)sc5c(-c7ccccc7)cccc56)c5oc6ccccc6c45)=C3)=N2)=C1. The van der Waals surface area contributed by atoms with E-state index in [1.54, 1.807) is 0 Å². The Hall–Kier alpha value is -6.56.